The predicted molar refractivity (Wildman–Crippen MR) is 111 cm³/mol. The largest absolute Gasteiger partial charge is 0.489 e. The molecule has 3 aromatic rings. The highest BCUT2D eigenvalue weighted by Gasteiger charge is 2.01. The van der Waals surface area contributed by atoms with Crippen LogP contribution in [0.15, 0.2) is 78.9 Å². The normalized spacial score (nSPS) is 10.7. The molecule has 0 unspecified atom stereocenters. The minimum absolute atomic E-state index is 0.217. The average molecular weight is 378 g/mol. The summed E-state index contributed by atoms with van der Waals surface area (Å²) in [6, 6.07) is 23.0. The van der Waals surface area contributed by atoms with Crippen molar-refractivity contribution in [3.05, 3.63) is 101 Å². The Morgan fingerprint density at radius 2 is 1.85 bits per heavy atom. The smallest absolute Gasteiger partial charge is 0.248 e. The van der Waals surface area contributed by atoms with Crippen molar-refractivity contribution in [2.75, 3.05) is 5.32 Å². The van der Waals surface area contributed by atoms with Crippen LogP contribution in [0.2, 0.25) is 5.02 Å². The van der Waals surface area contributed by atoms with Gasteiger partial charge in [0, 0.05) is 16.8 Å². The lowest BCUT2D eigenvalue weighted by Gasteiger charge is -2.07. The minimum Gasteiger partial charge on any atom is -0.489 e. The van der Waals surface area contributed by atoms with Crippen LogP contribution in [0.5, 0.6) is 5.75 Å². The van der Waals surface area contributed by atoms with Crippen molar-refractivity contribution in [2.45, 2.75) is 13.5 Å². The molecular weight excluding hydrogens is 358 g/mol. The second-order valence-corrected chi connectivity index (χ2v) is 6.54. The van der Waals surface area contributed by atoms with E-state index in [2.05, 4.69) is 5.32 Å². The molecule has 0 aliphatic carbocycles. The molecular formula is C23H20ClNO2. The number of nitrogens with one attached hydrogen (secondary N) is 1. The Hall–Kier alpha value is -3.04. The van der Waals surface area contributed by atoms with Gasteiger partial charge in [0.1, 0.15) is 12.4 Å². The number of carbonyl (C=O) groups is 1. The van der Waals surface area contributed by atoms with E-state index in [0.29, 0.717) is 17.3 Å². The molecule has 3 nitrogen and oxygen atoms in total. The molecule has 0 spiro atoms. The van der Waals surface area contributed by atoms with E-state index in [-0.39, 0.29) is 5.91 Å². The maximum Gasteiger partial charge on any atom is 0.248 e. The van der Waals surface area contributed by atoms with Gasteiger partial charge < -0.3 is 10.1 Å². The number of amides is 1. The number of halogens is 1. The molecule has 27 heavy (non-hydrogen) atoms. The molecule has 1 N–H and O–H groups in total. The first-order valence-electron chi connectivity index (χ1n) is 8.62. The Kier molecular flexibility index (Phi) is 6.29. The van der Waals surface area contributed by atoms with E-state index >= 15 is 0 Å². The predicted octanol–water partition coefficient (Wildman–Crippen LogP) is 5.88. The molecule has 0 aliphatic heterocycles. The van der Waals surface area contributed by atoms with Crippen molar-refractivity contribution in [3.63, 3.8) is 0 Å². The van der Waals surface area contributed by atoms with Crippen LogP contribution in [0.3, 0.4) is 0 Å². The first-order valence-corrected chi connectivity index (χ1v) is 9.00. The monoisotopic (exact) mass is 377 g/mol. The number of hydrogen-bond donors (Lipinski definition) is 1. The fourth-order valence-corrected chi connectivity index (χ4v) is 2.66. The van der Waals surface area contributed by atoms with Gasteiger partial charge in [-0.25, -0.2) is 0 Å². The molecule has 0 saturated carbocycles. The molecule has 3 aromatic carbocycles. The zero-order valence-corrected chi connectivity index (χ0v) is 15.7. The van der Waals surface area contributed by atoms with E-state index in [9.17, 15) is 4.79 Å². The fraction of sp³-hybridized carbons (Fsp3) is 0.0870. The highest BCUT2D eigenvalue weighted by atomic mass is 35.5. The quantitative estimate of drug-likeness (QED) is 0.545. The van der Waals surface area contributed by atoms with Crippen molar-refractivity contribution in [1.29, 1.82) is 0 Å². The molecule has 0 aromatic heterocycles. The molecule has 136 valence electrons. The molecule has 3 rings (SSSR count). The first-order chi connectivity index (χ1) is 13.1. The number of hydrogen-bond acceptors (Lipinski definition) is 2. The summed E-state index contributed by atoms with van der Waals surface area (Å²) in [5.41, 5.74) is 3.63. The van der Waals surface area contributed by atoms with Crippen molar-refractivity contribution in [2.24, 2.45) is 0 Å². The van der Waals surface area contributed by atoms with Crippen LogP contribution in [0, 0.1) is 6.92 Å². The van der Waals surface area contributed by atoms with Crippen LogP contribution in [0.25, 0.3) is 6.08 Å². The Morgan fingerprint density at radius 3 is 2.63 bits per heavy atom. The third kappa shape index (κ3) is 5.73. The fourth-order valence-electron chi connectivity index (χ4n) is 2.48. The number of aryl methyl sites for hydroxylation is 1. The summed E-state index contributed by atoms with van der Waals surface area (Å²) in [5.74, 6) is 0.539. The summed E-state index contributed by atoms with van der Waals surface area (Å²) in [4.78, 5) is 12.1. The first kappa shape index (κ1) is 18.7. The van der Waals surface area contributed by atoms with Crippen LogP contribution >= 0.6 is 11.6 Å². The molecule has 0 saturated heterocycles. The van der Waals surface area contributed by atoms with Gasteiger partial charge >= 0.3 is 0 Å². The van der Waals surface area contributed by atoms with Gasteiger partial charge in [-0.1, -0.05) is 60.1 Å². The number of anilines is 1. The van der Waals surface area contributed by atoms with Crippen molar-refractivity contribution in [3.8, 4) is 5.75 Å². The zero-order chi connectivity index (χ0) is 19.1. The Labute approximate surface area is 164 Å². The molecule has 1 amide bonds. The third-order valence-electron chi connectivity index (χ3n) is 3.97. The van der Waals surface area contributed by atoms with Crippen LogP contribution in [0.1, 0.15) is 16.7 Å². The van der Waals surface area contributed by atoms with Crippen LogP contribution in [-0.4, -0.2) is 5.91 Å². The summed E-state index contributed by atoms with van der Waals surface area (Å²) in [7, 11) is 0. The minimum atomic E-state index is -0.217. The summed E-state index contributed by atoms with van der Waals surface area (Å²) in [6.45, 7) is 2.42. The zero-order valence-electron chi connectivity index (χ0n) is 15.0. The van der Waals surface area contributed by atoms with Crippen LogP contribution in [0.4, 0.5) is 5.69 Å². The van der Waals surface area contributed by atoms with E-state index in [1.807, 2.05) is 73.7 Å². The molecule has 0 fully saturated rings. The van der Waals surface area contributed by atoms with Gasteiger partial charge in [-0.15, -0.1) is 0 Å². The lowest BCUT2D eigenvalue weighted by Crippen LogP contribution is -2.07. The highest BCUT2D eigenvalue weighted by molar-refractivity contribution is 6.31. The number of ether oxygens (including phenoxy) is 1. The maximum atomic E-state index is 12.1. The van der Waals surface area contributed by atoms with Crippen molar-refractivity contribution in [1.82, 2.24) is 0 Å². The van der Waals surface area contributed by atoms with Gasteiger partial charge in [-0.05, 0) is 54.0 Å². The summed E-state index contributed by atoms with van der Waals surface area (Å²) >= 11 is 6.08. The van der Waals surface area contributed by atoms with E-state index < -0.39 is 0 Å². The number of rotatable bonds is 6. The molecule has 0 bridgehead atoms. The second kappa shape index (κ2) is 9.06. The Morgan fingerprint density at radius 1 is 1.04 bits per heavy atom. The molecule has 0 aliphatic rings. The molecule has 0 radical (unpaired) electrons. The van der Waals surface area contributed by atoms with Gasteiger partial charge in [0.25, 0.3) is 0 Å². The third-order valence-corrected chi connectivity index (χ3v) is 4.38. The van der Waals surface area contributed by atoms with Gasteiger partial charge in [-0.3, -0.25) is 4.79 Å². The summed E-state index contributed by atoms with van der Waals surface area (Å²) < 4.78 is 5.81. The Bertz CT molecular complexity index is 952. The second-order valence-electron chi connectivity index (χ2n) is 6.13. The van der Waals surface area contributed by atoms with E-state index in [1.54, 1.807) is 12.1 Å². The van der Waals surface area contributed by atoms with E-state index in [4.69, 9.17) is 16.3 Å². The van der Waals surface area contributed by atoms with Crippen molar-refractivity contribution >= 4 is 29.3 Å². The number of benzene rings is 3. The highest BCUT2D eigenvalue weighted by Crippen LogP contribution is 2.20. The van der Waals surface area contributed by atoms with Crippen LogP contribution < -0.4 is 10.1 Å². The van der Waals surface area contributed by atoms with E-state index in [0.717, 1.165) is 22.4 Å². The molecule has 4 heteroatoms. The molecule has 0 heterocycles. The molecule has 0 atom stereocenters. The lowest BCUT2D eigenvalue weighted by atomic mass is 10.2. The van der Waals surface area contributed by atoms with Crippen molar-refractivity contribution < 1.29 is 9.53 Å². The average Bonchev–Trinajstić information content (AvgIpc) is 2.69. The summed E-state index contributed by atoms with van der Waals surface area (Å²) in [5, 5.41) is 3.43. The number of carbonyl (C=O) groups excluding carboxylic acids is 1. The summed E-state index contributed by atoms with van der Waals surface area (Å²) in [6.07, 6.45) is 3.24. The van der Waals surface area contributed by atoms with Gasteiger partial charge in [0.05, 0.1) is 0 Å². The SMILES string of the molecule is Cc1ccc(NC(=O)/C=C/c2cccc(OCc3ccccc3)c2)cc1Cl. The van der Waals surface area contributed by atoms with Gasteiger partial charge in [-0.2, -0.15) is 0 Å². The van der Waals surface area contributed by atoms with Crippen LogP contribution in [-0.2, 0) is 11.4 Å². The van der Waals surface area contributed by atoms with Gasteiger partial charge in [0.15, 0.2) is 0 Å². The van der Waals surface area contributed by atoms with E-state index in [1.165, 1.54) is 6.08 Å². The van der Waals surface area contributed by atoms with Gasteiger partial charge in [0.2, 0.25) is 5.91 Å². The standard InChI is InChI=1S/C23H20ClNO2/c1-17-10-12-20(15-22(17)24)25-23(26)13-11-18-8-5-9-21(14-18)27-16-19-6-3-2-4-7-19/h2-15H,16H2,1H3,(H,25,26)/b13-11+. The maximum absolute atomic E-state index is 12.1. The Balaban J connectivity index is 1.59. The lowest BCUT2D eigenvalue weighted by molar-refractivity contribution is -0.111. The topological polar surface area (TPSA) is 38.3 Å².